The Morgan fingerprint density at radius 1 is 1.11 bits per heavy atom. The van der Waals surface area contributed by atoms with Gasteiger partial charge in [-0.05, 0) is 67.7 Å². The molecular weight excluding hydrogens is 390 g/mol. The summed E-state index contributed by atoms with van der Waals surface area (Å²) in [5.41, 5.74) is 1.60. The first-order chi connectivity index (χ1) is 12.9. The van der Waals surface area contributed by atoms with Gasteiger partial charge in [0.2, 0.25) is 0 Å². The Morgan fingerprint density at radius 3 is 2.44 bits per heavy atom. The number of carboxylic acid groups (broad SMARTS) is 1. The number of piperidine rings is 3. The van der Waals surface area contributed by atoms with Crippen LogP contribution in [0.4, 0.5) is 14.9 Å². The molecule has 3 saturated heterocycles. The molecule has 5 rings (SSSR count). The molecule has 0 unspecified atom stereocenters. The second-order valence-electron chi connectivity index (χ2n) is 7.15. The van der Waals surface area contributed by atoms with E-state index in [0.29, 0.717) is 39.3 Å². The molecule has 4 nitrogen and oxygen atoms in total. The summed E-state index contributed by atoms with van der Waals surface area (Å²) in [5, 5.41) is 10.7. The summed E-state index contributed by atoms with van der Waals surface area (Å²) in [4.78, 5) is 15.9. The Kier molecular flexibility index (Phi) is 5.01. The number of halogens is 3. The van der Waals surface area contributed by atoms with E-state index in [0.717, 1.165) is 25.9 Å². The smallest absolute Gasteiger partial charge is 0.412 e. The molecule has 3 aliphatic heterocycles. The second-order valence-corrected chi connectivity index (χ2v) is 7.96. The lowest BCUT2D eigenvalue weighted by atomic mass is 9.82. The Labute approximate surface area is 167 Å². The summed E-state index contributed by atoms with van der Waals surface area (Å²) in [6, 6.07) is 9.05. The molecule has 0 aliphatic carbocycles. The average Bonchev–Trinajstić information content (AvgIpc) is 2.66. The highest BCUT2D eigenvalue weighted by Crippen LogP contribution is 2.39. The summed E-state index contributed by atoms with van der Waals surface area (Å²) in [5.74, 6) is -0.114. The largest absolute Gasteiger partial charge is 0.465 e. The SMILES string of the molecule is O=C(O)N(c1ccc(F)cc1-c1ccc(Cl)c(Cl)c1)[C@H]1CN2CCC1CC2. The van der Waals surface area contributed by atoms with Gasteiger partial charge in [-0.15, -0.1) is 0 Å². The number of amides is 1. The van der Waals surface area contributed by atoms with E-state index in [-0.39, 0.29) is 6.04 Å². The zero-order valence-electron chi connectivity index (χ0n) is 14.5. The van der Waals surface area contributed by atoms with Crippen LogP contribution in [-0.4, -0.2) is 41.8 Å². The predicted molar refractivity (Wildman–Crippen MR) is 105 cm³/mol. The summed E-state index contributed by atoms with van der Waals surface area (Å²) in [6.45, 7) is 2.73. The summed E-state index contributed by atoms with van der Waals surface area (Å²) < 4.78 is 14.0. The zero-order chi connectivity index (χ0) is 19.1. The fourth-order valence-corrected chi connectivity index (χ4v) is 4.56. The lowest BCUT2D eigenvalue weighted by Crippen LogP contribution is -2.58. The van der Waals surface area contributed by atoms with Crippen molar-refractivity contribution < 1.29 is 14.3 Å². The minimum absolute atomic E-state index is 0.142. The number of nitrogens with zero attached hydrogens (tertiary/aromatic N) is 2. The van der Waals surface area contributed by atoms with Gasteiger partial charge < -0.3 is 10.0 Å². The van der Waals surface area contributed by atoms with Crippen molar-refractivity contribution in [2.45, 2.75) is 18.9 Å². The van der Waals surface area contributed by atoms with Crippen LogP contribution in [0.3, 0.4) is 0 Å². The van der Waals surface area contributed by atoms with Gasteiger partial charge in [-0.25, -0.2) is 9.18 Å². The van der Waals surface area contributed by atoms with Crippen molar-refractivity contribution in [1.29, 1.82) is 0 Å². The second kappa shape index (κ2) is 7.30. The minimum Gasteiger partial charge on any atom is -0.465 e. The predicted octanol–water partition coefficient (Wildman–Crippen LogP) is 5.38. The van der Waals surface area contributed by atoms with Crippen molar-refractivity contribution in [2.75, 3.05) is 24.5 Å². The van der Waals surface area contributed by atoms with E-state index in [1.54, 1.807) is 24.3 Å². The van der Waals surface area contributed by atoms with Gasteiger partial charge in [0.25, 0.3) is 0 Å². The molecule has 142 valence electrons. The van der Waals surface area contributed by atoms with Crippen LogP contribution in [0.15, 0.2) is 36.4 Å². The van der Waals surface area contributed by atoms with Gasteiger partial charge in [0.05, 0.1) is 21.8 Å². The highest BCUT2D eigenvalue weighted by Gasteiger charge is 2.40. The monoisotopic (exact) mass is 408 g/mol. The van der Waals surface area contributed by atoms with Gasteiger partial charge >= 0.3 is 6.09 Å². The zero-order valence-corrected chi connectivity index (χ0v) is 16.0. The van der Waals surface area contributed by atoms with E-state index in [2.05, 4.69) is 4.90 Å². The van der Waals surface area contributed by atoms with Gasteiger partial charge in [0.1, 0.15) is 5.82 Å². The number of fused-ring (bicyclic) bond motifs is 3. The molecule has 0 saturated carbocycles. The molecule has 1 atom stereocenters. The van der Waals surface area contributed by atoms with E-state index in [9.17, 15) is 14.3 Å². The summed E-state index contributed by atoms with van der Waals surface area (Å²) >= 11 is 12.1. The molecular formula is C20H19Cl2FN2O2. The van der Waals surface area contributed by atoms with Crippen molar-refractivity contribution >= 4 is 35.0 Å². The fraction of sp³-hybridized carbons (Fsp3) is 0.350. The van der Waals surface area contributed by atoms with Crippen LogP contribution in [0.1, 0.15) is 12.8 Å². The van der Waals surface area contributed by atoms with Crippen LogP contribution < -0.4 is 4.90 Å². The Hall–Kier alpha value is -1.82. The normalized spacial score (nSPS) is 24.0. The lowest BCUT2D eigenvalue weighted by Gasteiger charge is -2.48. The summed E-state index contributed by atoms with van der Waals surface area (Å²) in [7, 11) is 0. The first-order valence-electron chi connectivity index (χ1n) is 8.93. The topological polar surface area (TPSA) is 43.8 Å². The Bertz CT molecular complexity index is 884. The molecule has 2 bridgehead atoms. The molecule has 0 spiro atoms. The van der Waals surface area contributed by atoms with E-state index < -0.39 is 11.9 Å². The molecule has 3 heterocycles. The van der Waals surface area contributed by atoms with E-state index in [4.69, 9.17) is 23.2 Å². The maximum absolute atomic E-state index is 14.0. The van der Waals surface area contributed by atoms with Crippen LogP contribution in [0.25, 0.3) is 11.1 Å². The molecule has 3 aliphatic rings. The summed E-state index contributed by atoms with van der Waals surface area (Å²) in [6.07, 6.45) is 0.942. The number of hydrogen-bond acceptors (Lipinski definition) is 2. The number of hydrogen-bond donors (Lipinski definition) is 1. The van der Waals surface area contributed by atoms with Gasteiger partial charge in [-0.3, -0.25) is 4.90 Å². The first-order valence-corrected chi connectivity index (χ1v) is 9.69. The Balaban J connectivity index is 1.81. The molecule has 2 aromatic carbocycles. The molecule has 27 heavy (non-hydrogen) atoms. The van der Waals surface area contributed by atoms with E-state index in [1.165, 1.54) is 17.0 Å². The highest BCUT2D eigenvalue weighted by molar-refractivity contribution is 6.42. The van der Waals surface area contributed by atoms with E-state index in [1.807, 2.05) is 0 Å². The molecule has 0 aromatic heterocycles. The third-order valence-corrected chi connectivity index (χ3v) is 6.35. The van der Waals surface area contributed by atoms with Crippen LogP contribution in [0.5, 0.6) is 0 Å². The van der Waals surface area contributed by atoms with Crippen molar-refractivity contribution in [2.24, 2.45) is 5.92 Å². The van der Waals surface area contributed by atoms with Gasteiger partial charge in [0, 0.05) is 12.1 Å². The van der Waals surface area contributed by atoms with Gasteiger partial charge in [0.15, 0.2) is 0 Å². The van der Waals surface area contributed by atoms with Gasteiger partial charge in [-0.2, -0.15) is 0 Å². The average molecular weight is 409 g/mol. The molecule has 1 amide bonds. The molecule has 3 fully saturated rings. The maximum Gasteiger partial charge on any atom is 0.412 e. The molecule has 0 radical (unpaired) electrons. The van der Waals surface area contributed by atoms with Crippen LogP contribution in [0, 0.1) is 11.7 Å². The Morgan fingerprint density at radius 2 is 1.85 bits per heavy atom. The first kappa shape index (κ1) is 18.5. The standard InChI is InChI=1S/C20H19Cl2FN2O2/c21-16-3-1-13(9-17(16)22)15-10-14(23)2-4-18(15)25(20(26)27)19-11-24-7-5-12(19)6-8-24/h1-4,9-10,12,19H,5-8,11H2,(H,26,27)/t19-/m0/s1. The van der Waals surface area contributed by atoms with Crippen molar-refractivity contribution in [3.8, 4) is 11.1 Å². The van der Waals surface area contributed by atoms with Crippen LogP contribution >= 0.6 is 23.2 Å². The minimum atomic E-state index is -1.03. The third kappa shape index (κ3) is 3.51. The molecule has 7 heteroatoms. The molecule has 1 N–H and O–H groups in total. The number of carbonyl (C=O) groups is 1. The number of rotatable bonds is 3. The molecule has 2 aromatic rings. The van der Waals surface area contributed by atoms with Crippen molar-refractivity contribution in [1.82, 2.24) is 4.90 Å². The van der Waals surface area contributed by atoms with E-state index >= 15 is 0 Å². The number of benzene rings is 2. The van der Waals surface area contributed by atoms with Crippen molar-refractivity contribution in [3.05, 3.63) is 52.3 Å². The quantitative estimate of drug-likeness (QED) is 0.741. The van der Waals surface area contributed by atoms with Gasteiger partial charge in [-0.1, -0.05) is 29.3 Å². The highest BCUT2D eigenvalue weighted by atomic mass is 35.5. The van der Waals surface area contributed by atoms with Crippen molar-refractivity contribution in [3.63, 3.8) is 0 Å². The fourth-order valence-electron chi connectivity index (χ4n) is 4.26. The number of anilines is 1. The lowest BCUT2D eigenvalue weighted by molar-refractivity contribution is 0.0837. The van der Waals surface area contributed by atoms with Crippen LogP contribution in [0.2, 0.25) is 10.0 Å². The maximum atomic E-state index is 14.0. The van der Waals surface area contributed by atoms with Crippen LogP contribution in [-0.2, 0) is 0 Å². The third-order valence-electron chi connectivity index (χ3n) is 5.61.